The lowest BCUT2D eigenvalue weighted by atomic mass is 9.79. The molecule has 0 amide bonds. The molecule has 82 valence electrons. The minimum atomic E-state index is 0.333. The second kappa shape index (κ2) is 3.86. The molecule has 0 radical (unpaired) electrons. The summed E-state index contributed by atoms with van der Waals surface area (Å²) in [6, 6.07) is 8.22. The van der Waals surface area contributed by atoms with Gasteiger partial charge in [0.25, 0.3) is 0 Å². The highest BCUT2D eigenvalue weighted by molar-refractivity contribution is 5.27. The average Bonchev–Trinajstić information content (AvgIpc) is 2.25. The maximum absolute atomic E-state index is 5.58. The summed E-state index contributed by atoms with van der Waals surface area (Å²) in [7, 11) is 1.69. The largest absolute Gasteiger partial charge is 0.497 e. The van der Waals surface area contributed by atoms with Gasteiger partial charge in [-0.2, -0.15) is 0 Å². The van der Waals surface area contributed by atoms with Crippen LogP contribution in [0.2, 0.25) is 0 Å². The summed E-state index contributed by atoms with van der Waals surface area (Å²) in [4.78, 5) is 0. The smallest absolute Gasteiger partial charge is 0.118 e. The Hall–Kier alpha value is -1.02. The minimum Gasteiger partial charge on any atom is -0.497 e. The van der Waals surface area contributed by atoms with E-state index in [1.165, 1.54) is 5.56 Å². The van der Waals surface area contributed by atoms with Gasteiger partial charge in [0.1, 0.15) is 5.75 Å². The zero-order valence-corrected chi connectivity index (χ0v) is 9.62. The van der Waals surface area contributed by atoms with Crippen LogP contribution in [0.4, 0.5) is 0 Å². The molecule has 2 rings (SSSR count). The monoisotopic (exact) mass is 206 g/mol. The van der Waals surface area contributed by atoms with E-state index in [-0.39, 0.29) is 0 Å². The number of methoxy groups -OCH3 is 1. The Kier molecular flexibility index (Phi) is 2.70. The lowest BCUT2D eigenvalue weighted by molar-refractivity contribution is -0.166. The van der Waals surface area contributed by atoms with Crippen molar-refractivity contribution in [1.82, 2.24) is 0 Å². The van der Waals surface area contributed by atoms with Crippen molar-refractivity contribution in [2.75, 3.05) is 13.7 Å². The fourth-order valence-electron chi connectivity index (χ4n) is 1.85. The van der Waals surface area contributed by atoms with Gasteiger partial charge in [-0.25, -0.2) is 0 Å². The van der Waals surface area contributed by atoms with Gasteiger partial charge in [0, 0.05) is 5.41 Å². The molecule has 1 aliphatic rings. The van der Waals surface area contributed by atoms with E-state index in [2.05, 4.69) is 26.0 Å². The molecule has 1 heterocycles. The van der Waals surface area contributed by atoms with E-state index in [1.807, 2.05) is 12.1 Å². The molecule has 1 unspecified atom stereocenters. The van der Waals surface area contributed by atoms with Gasteiger partial charge in [0.2, 0.25) is 0 Å². The van der Waals surface area contributed by atoms with Gasteiger partial charge in [-0.15, -0.1) is 0 Å². The summed E-state index contributed by atoms with van der Waals surface area (Å²) >= 11 is 0. The fraction of sp³-hybridized carbons (Fsp3) is 0.538. The van der Waals surface area contributed by atoms with Gasteiger partial charge in [-0.3, -0.25) is 0 Å². The first kappa shape index (κ1) is 10.5. The van der Waals surface area contributed by atoms with Gasteiger partial charge in [0.15, 0.2) is 0 Å². The number of ether oxygens (including phenoxy) is 2. The van der Waals surface area contributed by atoms with Crippen LogP contribution in [0.1, 0.15) is 19.4 Å². The summed E-state index contributed by atoms with van der Waals surface area (Å²) in [5, 5.41) is 0. The Morgan fingerprint density at radius 1 is 1.33 bits per heavy atom. The first-order valence-corrected chi connectivity index (χ1v) is 5.36. The highest BCUT2D eigenvalue weighted by Crippen LogP contribution is 2.35. The Bertz CT molecular complexity index is 327. The van der Waals surface area contributed by atoms with Crippen LogP contribution in [0.3, 0.4) is 0 Å². The van der Waals surface area contributed by atoms with Crippen LogP contribution in [0.15, 0.2) is 24.3 Å². The third kappa shape index (κ3) is 2.15. The first-order chi connectivity index (χ1) is 7.12. The van der Waals surface area contributed by atoms with Gasteiger partial charge in [0.05, 0.1) is 19.8 Å². The van der Waals surface area contributed by atoms with Crippen LogP contribution in [0, 0.1) is 5.41 Å². The molecule has 1 aromatic carbocycles. The molecule has 0 bridgehead atoms. The van der Waals surface area contributed by atoms with Crippen molar-refractivity contribution in [3.63, 3.8) is 0 Å². The van der Waals surface area contributed by atoms with E-state index in [4.69, 9.17) is 9.47 Å². The lowest BCUT2D eigenvalue weighted by Crippen LogP contribution is -2.48. The van der Waals surface area contributed by atoms with E-state index in [0.717, 1.165) is 18.8 Å². The third-order valence-electron chi connectivity index (χ3n) is 3.11. The van der Waals surface area contributed by atoms with Gasteiger partial charge >= 0.3 is 0 Å². The Morgan fingerprint density at radius 3 is 2.40 bits per heavy atom. The summed E-state index contributed by atoms with van der Waals surface area (Å²) in [5.74, 6) is 0.910. The van der Waals surface area contributed by atoms with E-state index in [9.17, 15) is 0 Å². The number of hydrogen-bond donors (Lipinski definition) is 0. The first-order valence-electron chi connectivity index (χ1n) is 5.36. The van der Waals surface area contributed by atoms with Gasteiger partial charge < -0.3 is 9.47 Å². The van der Waals surface area contributed by atoms with E-state index in [1.54, 1.807) is 7.11 Å². The maximum atomic E-state index is 5.58. The molecule has 1 saturated heterocycles. The van der Waals surface area contributed by atoms with Crippen molar-refractivity contribution in [3.8, 4) is 5.75 Å². The molecule has 1 atom stereocenters. The summed E-state index contributed by atoms with van der Waals surface area (Å²) in [6.45, 7) is 5.39. The molecule has 2 heteroatoms. The van der Waals surface area contributed by atoms with Crippen molar-refractivity contribution in [1.29, 1.82) is 0 Å². The molecule has 1 fully saturated rings. The predicted octanol–water partition coefficient (Wildman–Crippen LogP) is 2.66. The summed E-state index contributed by atoms with van der Waals surface area (Å²) < 4.78 is 10.7. The van der Waals surface area contributed by atoms with E-state index in [0.29, 0.717) is 11.5 Å². The molecule has 0 spiro atoms. The van der Waals surface area contributed by atoms with Crippen molar-refractivity contribution >= 4 is 0 Å². The minimum absolute atomic E-state index is 0.333. The Morgan fingerprint density at radius 2 is 2.00 bits per heavy atom. The number of hydrogen-bond acceptors (Lipinski definition) is 2. The molecular formula is C13H18O2. The highest BCUT2D eigenvalue weighted by Gasteiger charge is 2.39. The molecule has 15 heavy (non-hydrogen) atoms. The average molecular weight is 206 g/mol. The molecule has 1 aromatic rings. The predicted molar refractivity (Wildman–Crippen MR) is 60.2 cm³/mol. The zero-order valence-electron chi connectivity index (χ0n) is 9.62. The Labute approximate surface area is 91.2 Å². The van der Waals surface area contributed by atoms with Crippen LogP contribution < -0.4 is 4.74 Å². The maximum Gasteiger partial charge on any atom is 0.118 e. The zero-order chi connectivity index (χ0) is 10.9. The van der Waals surface area contributed by atoms with Crippen LogP contribution in [0.5, 0.6) is 5.75 Å². The van der Waals surface area contributed by atoms with E-state index >= 15 is 0 Å². The second-order valence-electron chi connectivity index (χ2n) is 4.84. The quantitative estimate of drug-likeness (QED) is 0.757. The molecule has 1 aliphatic heterocycles. The third-order valence-corrected chi connectivity index (χ3v) is 3.11. The van der Waals surface area contributed by atoms with Crippen molar-refractivity contribution in [2.45, 2.75) is 26.4 Å². The van der Waals surface area contributed by atoms with E-state index < -0.39 is 0 Å². The molecular weight excluding hydrogens is 188 g/mol. The van der Waals surface area contributed by atoms with Gasteiger partial charge in [-0.05, 0) is 24.1 Å². The highest BCUT2D eigenvalue weighted by atomic mass is 16.5. The normalized spacial score (nSPS) is 23.3. The standard InChI is InChI=1S/C13H18O2/c1-13(2)9-15-12(13)8-10-4-6-11(14-3)7-5-10/h4-7,12H,8-9H2,1-3H3. The lowest BCUT2D eigenvalue weighted by Gasteiger charge is -2.44. The van der Waals surface area contributed by atoms with Crippen molar-refractivity contribution in [3.05, 3.63) is 29.8 Å². The molecule has 0 N–H and O–H groups in total. The van der Waals surface area contributed by atoms with Crippen molar-refractivity contribution < 1.29 is 9.47 Å². The SMILES string of the molecule is COc1ccc(CC2OCC2(C)C)cc1. The van der Waals surface area contributed by atoms with Crippen molar-refractivity contribution in [2.24, 2.45) is 5.41 Å². The number of rotatable bonds is 3. The molecule has 0 saturated carbocycles. The Balaban J connectivity index is 1.99. The molecule has 0 aliphatic carbocycles. The van der Waals surface area contributed by atoms with Crippen LogP contribution in [0.25, 0.3) is 0 Å². The molecule has 2 nitrogen and oxygen atoms in total. The summed E-state index contributed by atoms with van der Waals surface area (Å²) in [6.07, 6.45) is 1.36. The molecule has 0 aromatic heterocycles. The fourth-order valence-corrected chi connectivity index (χ4v) is 1.85. The van der Waals surface area contributed by atoms with Crippen LogP contribution in [-0.2, 0) is 11.2 Å². The van der Waals surface area contributed by atoms with Crippen LogP contribution in [-0.4, -0.2) is 19.8 Å². The topological polar surface area (TPSA) is 18.5 Å². The number of benzene rings is 1. The second-order valence-corrected chi connectivity index (χ2v) is 4.84. The van der Waals surface area contributed by atoms with Gasteiger partial charge in [-0.1, -0.05) is 26.0 Å². The summed E-state index contributed by atoms with van der Waals surface area (Å²) in [5.41, 5.74) is 1.65. The van der Waals surface area contributed by atoms with Crippen LogP contribution >= 0.6 is 0 Å².